The predicted octanol–water partition coefficient (Wildman–Crippen LogP) is 3.85. The van der Waals surface area contributed by atoms with Gasteiger partial charge < -0.3 is 20.8 Å². The van der Waals surface area contributed by atoms with E-state index in [1.54, 1.807) is 31.7 Å². The number of benzene rings is 1. The average molecular weight is 428 g/mol. The number of aryl methyl sites for hydroxylation is 1. The van der Waals surface area contributed by atoms with Crippen molar-refractivity contribution >= 4 is 23.5 Å². The van der Waals surface area contributed by atoms with Crippen molar-refractivity contribution in [2.45, 2.75) is 25.9 Å². The van der Waals surface area contributed by atoms with Crippen LogP contribution in [0.1, 0.15) is 34.3 Å². The highest BCUT2D eigenvalue weighted by Gasteiger charge is 2.25. The van der Waals surface area contributed by atoms with Crippen LogP contribution in [0.15, 0.2) is 55.3 Å². The summed E-state index contributed by atoms with van der Waals surface area (Å²) in [6.45, 7) is 1.85. The van der Waals surface area contributed by atoms with Gasteiger partial charge in [0, 0.05) is 43.0 Å². The first kappa shape index (κ1) is 21.2. The predicted molar refractivity (Wildman–Crippen MR) is 124 cm³/mol. The van der Waals surface area contributed by atoms with Crippen molar-refractivity contribution in [3.05, 3.63) is 71.9 Å². The van der Waals surface area contributed by atoms with E-state index in [9.17, 15) is 4.79 Å². The third-order valence-electron chi connectivity index (χ3n) is 5.04. The summed E-state index contributed by atoms with van der Waals surface area (Å²) in [7, 11) is 1.79. The molecule has 1 amide bonds. The van der Waals surface area contributed by atoms with Gasteiger partial charge in [-0.05, 0) is 49.1 Å². The van der Waals surface area contributed by atoms with Crippen LogP contribution < -0.4 is 15.4 Å². The average Bonchev–Trinajstić information content (AvgIpc) is 3.63. The van der Waals surface area contributed by atoms with Gasteiger partial charge in [-0.2, -0.15) is 0 Å². The fourth-order valence-corrected chi connectivity index (χ4v) is 3.16. The number of anilines is 1. The molecule has 8 nitrogen and oxygen atoms in total. The lowest BCUT2D eigenvalue weighted by molar-refractivity contribution is 0.102. The van der Waals surface area contributed by atoms with Crippen LogP contribution in [0.5, 0.6) is 5.75 Å². The molecule has 0 spiro atoms. The maximum absolute atomic E-state index is 12.5. The highest BCUT2D eigenvalue weighted by atomic mass is 16.5. The van der Waals surface area contributed by atoms with Crippen LogP contribution in [0.4, 0.5) is 5.82 Å². The molecule has 0 saturated heterocycles. The normalized spacial score (nSPS) is 13.4. The Balaban J connectivity index is 1.62. The molecule has 1 saturated carbocycles. The summed E-state index contributed by atoms with van der Waals surface area (Å²) in [5.41, 5.74) is 4.31. The van der Waals surface area contributed by atoms with Crippen molar-refractivity contribution < 1.29 is 9.53 Å². The zero-order valence-corrected chi connectivity index (χ0v) is 17.9. The molecule has 8 heteroatoms. The number of amides is 1. The largest absolute Gasteiger partial charge is 0.490 e. The number of hydrogen-bond donors (Lipinski definition) is 3. The Hall–Kier alpha value is -4.07. The molecule has 1 aliphatic rings. The van der Waals surface area contributed by atoms with Crippen LogP contribution in [0.2, 0.25) is 0 Å². The van der Waals surface area contributed by atoms with Crippen molar-refractivity contribution in [3.8, 4) is 17.0 Å². The Kier molecular flexibility index (Phi) is 6.21. The molecule has 3 N–H and O–H groups in total. The molecular formula is C24H24N6O2. The molecule has 0 radical (unpaired) electrons. The summed E-state index contributed by atoms with van der Waals surface area (Å²) in [5.74, 6) is 0.783. The number of hydrogen-bond acceptors (Lipinski definition) is 7. The highest BCUT2D eigenvalue weighted by Crippen LogP contribution is 2.35. The van der Waals surface area contributed by atoms with Crippen molar-refractivity contribution in [1.29, 1.82) is 5.41 Å². The van der Waals surface area contributed by atoms with Crippen LogP contribution in [0, 0.1) is 12.3 Å². The Morgan fingerprint density at radius 2 is 2.03 bits per heavy atom. The molecule has 1 aliphatic carbocycles. The summed E-state index contributed by atoms with van der Waals surface area (Å²) in [4.78, 5) is 25.4. The van der Waals surface area contributed by atoms with E-state index in [2.05, 4.69) is 25.6 Å². The summed E-state index contributed by atoms with van der Waals surface area (Å²) in [6.07, 6.45) is 11.7. The van der Waals surface area contributed by atoms with Gasteiger partial charge in [0.2, 0.25) is 0 Å². The number of carbonyl (C=O) groups excluding carboxylic acids is 1. The quantitative estimate of drug-likeness (QED) is 0.470. The van der Waals surface area contributed by atoms with Gasteiger partial charge >= 0.3 is 0 Å². The first-order valence-electron chi connectivity index (χ1n) is 10.3. The Morgan fingerprint density at radius 3 is 2.69 bits per heavy atom. The minimum Gasteiger partial charge on any atom is -0.490 e. The van der Waals surface area contributed by atoms with Gasteiger partial charge in [0.15, 0.2) is 5.82 Å². The van der Waals surface area contributed by atoms with Crippen molar-refractivity contribution in [2.75, 3.05) is 12.4 Å². The molecule has 1 aromatic carbocycles. The van der Waals surface area contributed by atoms with Gasteiger partial charge in [-0.25, -0.2) is 4.98 Å². The molecule has 0 atom stereocenters. The maximum Gasteiger partial charge on any atom is 0.258 e. The smallest absolute Gasteiger partial charge is 0.258 e. The third kappa shape index (κ3) is 4.80. The van der Waals surface area contributed by atoms with E-state index >= 15 is 0 Å². The summed E-state index contributed by atoms with van der Waals surface area (Å²) in [5, 5.41) is 13.4. The Morgan fingerprint density at radius 1 is 1.19 bits per heavy atom. The summed E-state index contributed by atoms with van der Waals surface area (Å²) < 4.78 is 6.07. The third-order valence-corrected chi connectivity index (χ3v) is 5.04. The standard InChI is InChI=1S/C24H24N6O2/c1-15-7-8-27-12-20(15)24(31)30-23-14-28-21(13-29-23)19-9-16(17(10-25)11-26-2)3-6-22(19)32-18-4-5-18/h3,6-14,18,25-26H,4-5H2,1-2H3,(H,29,30,31)/b17-11+,25-10?. The zero-order valence-electron chi connectivity index (χ0n) is 17.9. The first-order chi connectivity index (χ1) is 15.6. The monoisotopic (exact) mass is 428 g/mol. The molecule has 0 bridgehead atoms. The van der Waals surface area contributed by atoms with E-state index < -0.39 is 0 Å². The fourth-order valence-electron chi connectivity index (χ4n) is 3.16. The van der Waals surface area contributed by atoms with E-state index in [1.165, 1.54) is 18.6 Å². The van der Waals surface area contributed by atoms with E-state index in [4.69, 9.17) is 10.1 Å². The van der Waals surface area contributed by atoms with Crippen LogP contribution in [-0.2, 0) is 0 Å². The molecule has 1 fully saturated rings. The summed E-state index contributed by atoms with van der Waals surface area (Å²) >= 11 is 0. The van der Waals surface area contributed by atoms with E-state index in [0.29, 0.717) is 17.1 Å². The number of rotatable bonds is 8. The number of carbonyl (C=O) groups is 1. The second kappa shape index (κ2) is 9.38. The van der Waals surface area contributed by atoms with Gasteiger partial charge in [0.05, 0.1) is 29.8 Å². The number of allylic oxidation sites excluding steroid dienone is 1. The molecule has 0 unspecified atom stereocenters. The maximum atomic E-state index is 12.5. The van der Waals surface area contributed by atoms with Gasteiger partial charge in [0.25, 0.3) is 5.91 Å². The van der Waals surface area contributed by atoms with Crippen molar-refractivity contribution in [1.82, 2.24) is 20.3 Å². The molecule has 32 heavy (non-hydrogen) atoms. The van der Waals surface area contributed by atoms with Gasteiger partial charge in [0.1, 0.15) is 5.75 Å². The van der Waals surface area contributed by atoms with Crippen LogP contribution >= 0.6 is 0 Å². The van der Waals surface area contributed by atoms with E-state index in [0.717, 1.165) is 40.9 Å². The molecule has 4 rings (SSSR count). The van der Waals surface area contributed by atoms with Gasteiger partial charge in [-0.1, -0.05) is 6.07 Å². The van der Waals surface area contributed by atoms with Crippen LogP contribution in [0.25, 0.3) is 16.8 Å². The Labute approximate surface area is 186 Å². The van der Waals surface area contributed by atoms with Crippen LogP contribution in [-0.4, -0.2) is 40.2 Å². The van der Waals surface area contributed by atoms with Crippen LogP contribution in [0.3, 0.4) is 0 Å². The number of nitrogens with one attached hydrogen (secondary N) is 3. The highest BCUT2D eigenvalue weighted by molar-refractivity contribution is 6.08. The minimum atomic E-state index is -0.287. The lowest BCUT2D eigenvalue weighted by Gasteiger charge is -2.13. The molecule has 0 aliphatic heterocycles. The number of pyridine rings is 1. The molecular weight excluding hydrogens is 404 g/mol. The fraction of sp³-hybridized carbons (Fsp3) is 0.208. The number of nitrogens with zero attached hydrogens (tertiary/aromatic N) is 3. The second-order valence-electron chi connectivity index (χ2n) is 7.49. The molecule has 3 aromatic rings. The van der Waals surface area contributed by atoms with Gasteiger partial charge in [-0.15, -0.1) is 0 Å². The van der Waals surface area contributed by atoms with Crippen molar-refractivity contribution in [2.24, 2.45) is 0 Å². The topological polar surface area (TPSA) is 113 Å². The Bertz CT molecular complexity index is 1170. The summed E-state index contributed by atoms with van der Waals surface area (Å²) in [6, 6.07) is 7.54. The zero-order chi connectivity index (χ0) is 22.5. The first-order valence-corrected chi connectivity index (χ1v) is 10.3. The van der Waals surface area contributed by atoms with E-state index in [-0.39, 0.29) is 12.0 Å². The molecule has 2 heterocycles. The van der Waals surface area contributed by atoms with Crippen molar-refractivity contribution in [3.63, 3.8) is 0 Å². The van der Waals surface area contributed by atoms with Gasteiger partial charge in [-0.3, -0.25) is 14.8 Å². The number of aromatic nitrogens is 3. The molecule has 162 valence electrons. The molecule has 2 aromatic heterocycles. The lowest BCUT2D eigenvalue weighted by Crippen LogP contribution is -2.14. The van der Waals surface area contributed by atoms with E-state index in [1.807, 2.05) is 25.1 Å². The number of ether oxygens (including phenoxy) is 1. The second-order valence-corrected chi connectivity index (χ2v) is 7.49. The minimum absolute atomic E-state index is 0.226. The SMILES string of the molecule is CN/C=C(\C=N)c1ccc(OC2CC2)c(-c2cnc(NC(=O)c3cnccc3C)cn2)c1. The lowest BCUT2D eigenvalue weighted by atomic mass is 10.0.